The molecule has 0 saturated heterocycles. The van der Waals surface area contributed by atoms with Crippen LogP contribution in [0.3, 0.4) is 0 Å². The summed E-state index contributed by atoms with van der Waals surface area (Å²) in [5.41, 5.74) is 8.44. The minimum atomic E-state index is -3.77. The number of nitrogens with zero attached hydrogens (tertiary/aromatic N) is 1. The van der Waals surface area contributed by atoms with Crippen LogP contribution in [0, 0.1) is 13.8 Å². The first-order valence-corrected chi connectivity index (χ1v) is 8.14. The Labute approximate surface area is 124 Å². The van der Waals surface area contributed by atoms with Crippen molar-refractivity contribution < 1.29 is 8.42 Å². The zero-order valence-corrected chi connectivity index (χ0v) is 13.4. The van der Waals surface area contributed by atoms with Gasteiger partial charge in [-0.3, -0.25) is 9.82 Å². The van der Waals surface area contributed by atoms with Crippen molar-refractivity contribution in [1.82, 2.24) is 10.2 Å². The number of benzene rings is 1. The number of aromatic nitrogens is 2. The van der Waals surface area contributed by atoms with E-state index in [1.165, 1.54) is 0 Å². The van der Waals surface area contributed by atoms with Crippen molar-refractivity contribution in [3.05, 3.63) is 35.0 Å². The van der Waals surface area contributed by atoms with Gasteiger partial charge in [-0.25, -0.2) is 8.42 Å². The SMILES string of the molecule is Cc1ccc(N)c(S(=O)(=O)Nc2cc(C(C)C)[nH]n2)c1C. The van der Waals surface area contributed by atoms with Gasteiger partial charge in [0.25, 0.3) is 10.0 Å². The van der Waals surface area contributed by atoms with Crippen LogP contribution in [0.1, 0.15) is 36.6 Å². The average Bonchev–Trinajstić information content (AvgIpc) is 2.82. The lowest BCUT2D eigenvalue weighted by Crippen LogP contribution is -2.17. The Kier molecular flexibility index (Phi) is 3.95. The van der Waals surface area contributed by atoms with Crippen molar-refractivity contribution in [2.45, 2.75) is 38.5 Å². The monoisotopic (exact) mass is 308 g/mol. The largest absolute Gasteiger partial charge is 0.398 e. The first-order chi connectivity index (χ1) is 9.72. The van der Waals surface area contributed by atoms with E-state index < -0.39 is 10.0 Å². The fraction of sp³-hybridized carbons (Fsp3) is 0.357. The summed E-state index contributed by atoms with van der Waals surface area (Å²) < 4.78 is 27.5. The summed E-state index contributed by atoms with van der Waals surface area (Å²) in [5.74, 6) is 0.500. The molecule has 4 N–H and O–H groups in total. The van der Waals surface area contributed by atoms with Crippen molar-refractivity contribution in [2.24, 2.45) is 0 Å². The maximum Gasteiger partial charge on any atom is 0.265 e. The molecule has 6 nitrogen and oxygen atoms in total. The Morgan fingerprint density at radius 3 is 2.52 bits per heavy atom. The van der Waals surface area contributed by atoms with Gasteiger partial charge in [-0.1, -0.05) is 19.9 Å². The highest BCUT2D eigenvalue weighted by Crippen LogP contribution is 2.27. The van der Waals surface area contributed by atoms with E-state index in [4.69, 9.17) is 5.73 Å². The molecule has 1 heterocycles. The Morgan fingerprint density at radius 2 is 1.95 bits per heavy atom. The molecule has 0 aliphatic carbocycles. The number of nitrogen functional groups attached to an aromatic ring is 1. The second-order valence-electron chi connectivity index (χ2n) is 5.39. The molecule has 0 spiro atoms. The highest BCUT2D eigenvalue weighted by atomic mass is 32.2. The van der Waals surface area contributed by atoms with Crippen LogP contribution in [-0.4, -0.2) is 18.6 Å². The van der Waals surface area contributed by atoms with E-state index in [1.807, 2.05) is 20.8 Å². The van der Waals surface area contributed by atoms with E-state index in [2.05, 4.69) is 14.9 Å². The van der Waals surface area contributed by atoms with Gasteiger partial charge in [-0.15, -0.1) is 0 Å². The van der Waals surface area contributed by atoms with Crippen molar-refractivity contribution in [2.75, 3.05) is 10.5 Å². The molecular weight excluding hydrogens is 288 g/mol. The minimum Gasteiger partial charge on any atom is -0.398 e. The fourth-order valence-electron chi connectivity index (χ4n) is 2.04. The molecule has 0 amide bonds. The standard InChI is InChI=1S/C14H20N4O2S/c1-8(2)12-7-13(17-16-12)18-21(19,20)14-10(4)9(3)5-6-11(14)15/h5-8H,15H2,1-4H3,(H2,16,17,18). The van der Waals surface area contributed by atoms with Gasteiger partial charge in [-0.05, 0) is 37.0 Å². The number of rotatable bonds is 4. The van der Waals surface area contributed by atoms with Crippen LogP contribution < -0.4 is 10.5 Å². The summed E-state index contributed by atoms with van der Waals surface area (Å²) >= 11 is 0. The van der Waals surface area contributed by atoms with E-state index in [0.29, 0.717) is 5.56 Å². The molecule has 0 bridgehead atoms. The van der Waals surface area contributed by atoms with Crippen LogP contribution in [0.15, 0.2) is 23.1 Å². The molecule has 1 aromatic heterocycles. The highest BCUT2D eigenvalue weighted by Gasteiger charge is 2.22. The predicted octanol–water partition coefficient (Wildman–Crippen LogP) is 2.53. The Morgan fingerprint density at radius 1 is 1.29 bits per heavy atom. The van der Waals surface area contributed by atoms with Gasteiger partial charge in [-0.2, -0.15) is 5.10 Å². The first-order valence-electron chi connectivity index (χ1n) is 6.66. The summed E-state index contributed by atoms with van der Waals surface area (Å²) in [4.78, 5) is 0.108. The zero-order chi connectivity index (χ0) is 15.8. The molecule has 0 saturated carbocycles. The second-order valence-corrected chi connectivity index (χ2v) is 7.01. The summed E-state index contributed by atoms with van der Waals surface area (Å²) in [5, 5.41) is 6.79. The van der Waals surface area contributed by atoms with Gasteiger partial charge in [0.15, 0.2) is 5.82 Å². The third-order valence-electron chi connectivity index (χ3n) is 3.43. The topological polar surface area (TPSA) is 101 Å². The molecule has 114 valence electrons. The van der Waals surface area contributed by atoms with Gasteiger partial charge in [0.2, 0.25) is 0 Å². The third kappa shape index (κ3) is 3.02. The molecule has 2 rings (SSSR count). The van der Waals surface area contributed by atoms with Crippen molar-refractivity contribution in [1.29, 1.82) is 0 Å². The maximum absolute atomic E-state index is 12.5. The van der Waals surface area contributed by atoms with Crippen LogP contribution in [0.4, 0.5) is 11.5 Å². The third-order valence-corrected chi connectivity index (χ3v) is 4.99. The van der Waals surface area contributed by atoms with Gasteiger partial charge >= 0.3 is 0 Å². The molecule has 0 atom stereocenters. The van der Waals surface area contributed by atoms with Crippen molar-refractivity contribution in [3.8, 4) is 0 Å². The minimum absolute atomic E-state index is 0.108. The number of H-pyrrole nitrogens is 1. The number of hydrogen-bond acceptors (Lipinski definition) is 4. The predicted molar refractivity (Wildman–Crippen MR) is 83.8 cm³/mol. The summed E-state index contributed by atoms with van der Waals surface area (Å²) in [7, 11) is -3.77. The number of aromatic amines is 1. The molecular formula is C14H20N4O2S. The Hall–Kier alpha value is -2.02. The molecule has 0 unspecified atom stereocenters. The average molecular weight is 308 g/mol. The number of nitrogens with two attached hydrogens (primary N) is 1. The van der Waals surface area contributed by atoms with Gasteiger partial charge in [0, 0.05) is 11.8 Å². The number of hydrogen-bond donors (Lipinski definition) is 3. The van der Waals surface area contributed by atoms with Crippen molar-refractivity contribution >= 4 is 21.5 Å². The lowest BCUT2D eigenvalue weighted by atomic mass is 10.1. The van der Waals surface area contributed by atoms with Gasteiger partial charge < -0.3 is 5.73 Å². The smallest absolute Gasteiger partial charge is 0.265 e. The van der Waals surface area contributed by atoms with Crippen LogP contribution in [0.2, 0.25) is 0 Å². The molecule has 0 radical (unpaired) electrons. The molecule has 0 fully saturated rings. The summed E-state index contributed by atoms with van der Waals surface area (Å²) in [6.07, 6.45) is 0. The number of nitrogens with one attached hydrogen (secondary N) is 2. The van der Waals surface area contributed by atoms with E-state index in [0.717, 1.165) is 11.3 Å². The molecule has 2 aromatic rings. The van der Waals surface area contributed by atoms with Crippen LogP contribution in [-0.2, 0) is 10.0 Å². The van der Waals surface area contributed by atoms with E-state index in [9.17, 15) is 8.42 Å². The molecule has 21 heavy (non-hydrogen) atoms. The van der Waals surface area contributed by atoms with E-state index >= 15 is 0 Å². The molecule has 0 aliphatic rings. The first kappa shape index (κ1) is 15.4. The Bertz CT molecular complexity index is 763. The second kappa shape index (κ2) is 5.40. The lowest BCUT2D eigenvalue weighted by Gasteiger charge is -2.13. The van der Waals surface area contributed by atoms with E-state index in [-0.39, 0.29) is 22.3 Å². The summed E-state index contributed by atoms with van der Waals surface area (Å²) in [6, 6.07) is 5.08. The number of aryl methyl sites for hydroxylation is 1. The molecule has 0 aliphatic heterocycles. The fourth-order valence-corrected chi connectivity index (χ4v) is 3.47. The van der Waals surface area contributed by atoms with Crippen LogP contribution in [0.25, 0.3) is 0 Å². The highest BCUT2D eigenvalue weighted by molar-refractivity contribution is 7.93. The number of anilines is 2. The molecule has 1 aromatic carbocycles. The lowest BCUT2D eigenvalue weighted by molar-refractivity contribution is 0.600. The Balaban J connectivity index is 2.41. The zero-order valence-electron chi connectivity index (χ0n) is 12.6. The summed E-state index contributed by atoms with van der Waals surface area (Å²) in [6.45, 7) is 7.58. The van der Waals surface area contributed by atoms with Gasteiger partial charge in [0.05, 0.1) is 5.69 Å². The number of sulfonamides is 1. The quantitative estimate of drug-likeness (QED) is 0.755. The maximum atomic E-state index is 12.5. The van der Waals surface area contributed by atoms with E-state index in [1.54, 1.807) is 25.1 Å². The van der Waals surface area contributed by atoms with Crippen LogP contribution in [0.5, 0.6) is 0 Å². The van der Waals surface area contributed by atoms with Gasteiger partial charge in [0.1, 0.15) is 4.90 Å². The van der Waals surface area contributed by atoms with Crippen molar-refractivity contribution in [3.63, 3.8) is 0 Å². The van der Waals surface area contributed by atoms with Crippen LogP contribution >= 0.6 is 0 Å². The normalized spacial score (nSPS) is 11.9. The molecule has 7 heteroatoms.